The van der Waals surface area contributed by atoms with Crippen molar-refractivity contribution >= 4 is 11.9 Å². The Morgan fingerprint density at radius 2 is 1.52 bits per heavy atom. The first kappa shape index (κ1) is 14.6. The third kappa shape index (κ3) is 3.63. The first-order valence-corrected chi connectivity index (χ1v) is 7.30. The van der Waals surface area contributed by atoms with Gasteiger partial charge in [0.25, 0.3) is 0 Å². The molecule has 110 valence electrons. The Hall–Kier alpha value is -3.38. The lowest BCUT2D eigenvalue weighted by Gasteiger charge is -2.06. The molecule has 0 spiro atoms. The molecule has 0 amide bonds. The monoisotopic (exact) mass is 297 g/mol. The number of nitrogens with one attached hydrogen (secondary N) is 1. The molecule has 3 aromatic carbocycles. The van der Waals surface area contributed by atoms with Gasteiger partial charge in [0.15, 0.2) is 0 Å². The molecule has 0 aromatic heterocycles. The lowest BCUT2D eigenvalue weighted by atomic mass is 9.99. The minimum absolute atomic E-state index is 0.658. The topological polar surface area (TPSA) is 48.2 Å². The van der Waals surface area contributed by atoms with Crippen molar-refractivity contribution in [3.8, 4) is 17.2 Å². The summed E-state index contributed by atoms with van der Waals surface area (Å²) in [4.78, 5) is 0. The van der Waals surface area contributed by atoms with Crippen LogP contribution in [0.1, 0.15) is 11.1 Å². The highest BCUT2D eigenvalue weighted by atomic mass is 15.3. The van der Waals surface area contributed by atoms with Gasteiger partial charge >= 0.3 is 0 Å². The van der Waals surface area contributed by atoms with Crippen LogP contribution >= 0.6 is 0 Å². The molecule has 0 heterocycles. The Bertz CT molecular complexity index is 844. The smallest absolute Gasteiger partial charge is 0.0991 e. The molecule has 0 aliphatic carbocycles. The summed E-state index contributed by atoms with van der Waals surface area (Å²) >= 11 is 0. The quantitative estimate of drug-likeness (QED) is 0.562. The minimum Gasteiger partial charge on any atom is -0.279 e. The predicted molar refractivity (Wildman–Crippen MR) is 94.3 cm³/mol. The summed E-state index contributed by atoms with van der Waals surface area (Å²) < 4.78 is 0. The van der Waals surface area contributed by atoms with E-state index in [9.17, 15) is 0 Å². The van der Waals surface area contributed by atoms with Crippen LogP contribution in [-0.4, -0.2) is 6.21 Å². The van der Waals surface area contributed by atoms with E-state index in [0.29, 0.717) is 5.56 Å². The number of hydrazone groups is 1. The zero-order chi connectivity index (χ0) is 15.9. The summed E-state index contributed by atoms with van der Waals surface area (Å²) in [6.45, 7) is 0. The van der Waals surface area contributed by atoms with Crippen molar-refractivity contribution < 1.29 is 0 Å². The fourth-order valence-electron chi connectivity index (χ4n) is 2.29. The van der Waals surface area contributed by atoms with Crippen LogP contribution in [0.25, 0.3) is 11.1 Å². The number of nitriles is 1. The number of nitrogens with zero attached hydrogens (tertiary/aromatic N) is 2. The summed E-state index contributed by atoms with van der Waals surface area (Å²) in [5.74, 6) is 0. The average molecular weight is 297 g/mol. The standard InChI is InChI=1S/C20H15N3/c21-14-16-10-12-17(13-11-16)20-9-5-4-6-18(20)15-22-23-19-7-2-1-3-8-19/h1-13,15,23H. The average Bonchev–Trinajstić information content (AvgIpc) is 2.63. The van der Waals surface area contributed by atoms with Gasteiger partial charge in [-0.25, -0.2) is 0 Å². The van der Waals surface area contributed by atoms with E-state index in [1.54, 1.807) is 6.21 Å². The summed E-state index contributed by atoms with van der Waals surface area (Å²) in [5.41, 5.74) is 7.77. The Balaban J connectivity index is 1.84. The van der Waals surface area contributed by atoms with E-state index < -0.39 is 0 Å². The summed E-state index contributed by atoms with van der Waals surface area (Å²) in [6.07, 6.45) is 1.81. The molecule has 1 N–H and O–H groups in total. The summed E-state index contributed by atoms with van der Waals surface area (Å²) in [5, 5.41) is 13.2. The first-order chi connectivity index (χ1) is 11.4. The van der Waals surface area contributed by atoms with E-state index in [-0.39, 0.29) is 0 Å². The van der Waals surface area contributed by atoms with Crippen LogP contribution in [0.2, 0.25) is 0 Å². The van der Waals surface area contributed by atoms with Crippen molar-refractivity contribution in [3.63, 3.8) is 0 Å². The van der Waals surface area contributed by atoms with Gasteiger partial charge in [-0.2, -0.15) is 10.4 Å². The molecule has 3 heteroatoms. The van der Waals surface area contributed by atoms with Crippen LogP contribution in [-0.2, 0) is 0 Å². The number of hydrogen-bond donors (Lipinski definition) is 1. The molecule has 3 aromatic rings. The van der Waals surface area contributed by atoms with Crippen LogP contribution in [0.5, 0.6) is 0 Å². The van der Waals surface area contributed by atoms with Crippen molar-refractivity contribution in [3.05, 3.63) is 90.0 Å². The van der Waals surface area contributed by atoms with E-state index in [0.717, 1.165) is 22.4 Å². The molecule has 0 aliphatic heterocycles. The third-order valence-corrected chi connectivity index (χ3v) is 3.46. The van der Waals surface area contributed by atoms with Crippen molar-refractivity contribution in [1.82, 2.24) is 0 Å². The molecule has 0 atom stereocenters. The summed E-state index contributed by atoms with van der Waals surface area (Å²) in [7, 11) is 0. The Morgan fingerprint density at radius 1 is 0.826 bits per heavy atom. The number of para-hydroxylation sites is 1. The molecule has 23 heavy (non-hydrogen) atoms. The maximum absolute atomic E-state index is 8.90. The van der Waals surface area contributed by atoms with E-state index in [2.05, 4.69) is 16.6 Å². The van der Waals surface area contributed by atoms with E-state index in [1.807, 2.05) is 78.9 Å². The SMILES string of the molecule is N#Cc1ccc(-c2ccccc2C=NNc2ccccc2)cc1. The fourth-order valence-corrected chi connectivity index (χ4v) is 2.29. The van der Waals surface area contributed by atoms with Crippen molar-refractivity contribution in [2.45, 2.75) is 0 Å². The molecular formula is C20H15N3. The van der Waals surface area contributed by atoms with Gasteiger partial charge in [-0.05, 0) is 35.4 Å². The van der Waals surface area contributed by atoms with Gasteiger partial charge in [-0.1, -0.05) is 54.6 Å². The molecule has 0 saturated carbocycles. The third-order valence-electron chi connectivity index (χ3n) is 3.46. The lowest BCUT2D eigenvalue weighted by molar-refractivity contribution is 1.35. The minimum atomic E-state index is 0.658. The molecule has 0 fully saturated rings. The molecular weight excluding hydrogens is 282 g/mol. The Kier molecular flexibility index (Phi) is 4.47. The largest absolute Gasteiger partial charge is 0.279 e. The van der Waals surface area contributed by atoms with Gasteiger partial charge in [-0.15, -0.1) is 0 Å². The molecule has 3 rings (SSSR count). The molecule has 0 radical (unpaired) electrons. The van der Waals surface area contributed by atoms with Crippen LogP contribution in [0, 0.1) is 11.3 Å². The number of hydrogen-bond acceptors (Lipinski definition) is 3. The van der Waals surface area contributed by atoms with Crippen molar-refractivity contribution in [2.75, 3.05) is 5.43 Å². The van der Waals surface area contributed by atoms with Crippen LogP contribution in [0.4, 0.5) is 5.69 Å². The number of anilines is 1. The van der Waals surface area contributed by atoms with Gasteiger partial charge < -0.3 is 0 Å². The molecule has 0 unspecified atom stereocenters. The molecule has 0 aliphatic rings. The molecule has 0 bridgehead atoms. The highest BCUT2D eigenvalue weighted by molar-refractivity contribution is 5.90. The van der Waals surface area contributed by atoms with Crippen LogP contribution < -0.4 is 5.43 Å². The number of benzene rings is 3. The second-order valence-corrected chi connectivity index (χ2v) is 5.01. The normalized spacial score (nSPS) is 10.4. The van der Waals surface area contributed by atoms with Gasteiger partial charge in [0, 0.05) is 5.56 Å². The Labute approximate surface area is 135 Å². The fraction of sp³-hybridized carbons (Fsp3) is 0. The van der Waals surface area contributed by atoms with Crippen LogP contribution in [0.15, 0.2) is 84.0 Å². The van der Waals surface area contributed by atoms with Crippen LogP contribution in [0.3, 0.4) is 0 Å². The molecule has 0 saturated heterocycles. The first-order valence-electron chi connectivity index (χ1n) is 7.30. The van der Waals surface area contributed by atoms with Crippen molar-refractivity contribution in [2.24, 2.45) is 5.10 Å². The van der Waals surface area contributed by atoms with E-state index in [1.165, 1.54) is 0 Å². The van der Waals surface area contributed by atoms with E-state index >= 15 is 0 Å². The van der Waals surface area contributed by atoms with Gasteiger partial charge in [0.2, 0.25) is 0 Å². The van der Waals surface area contributed by atoms with Crippen molar-refractivity contribution in [1.29, 1.82) is 5.26 Å². The zero-order valence-corrected chi connectivity index (χ0v) is 12.5. The molecule has 3 nitrogen and oxygen atoms in total. The predicted octanol–water partition coefficient (Wildman–Crippen LogP) is 4.67. The van der Waals surface area contributed by atoms with Gasteiger partial charge in [-0.3, -0.25) is 5.43 Å². The Morgan fingerprint density at radius 3 is 2.26 bits per heavy atom. The zero-order valence-electron chi connectivity index (χ0n) is 12.5. The second kappa shape index (κ2) is 7.06. The van der Waals surface area contributed by atoms with E-state index in [4.69, 9.17) is 5.26 Å². The lowest BCUT2D eigenvalue weighted by Crippen LogP contribution is -1.92. The maximum Gasteiger partial charge on any atom is 0.0991 e. The van der Waals surface area contributed by atoms with Gasteiger partial charge in [0.05, 0.1) is 23.5 Å². The summed E-state index contributed by atoms with van der Waals surface area (Å²) in [6, 6.07) is 27.6. The van der Waals surface area contributed by atoms with Gasteiger partial charge in [0.1, 0.15) is 0 Å². The number of rotatable bonds is 4. The highest BCUT2D eigenvalue weighted by Crippen LogP contribution is 2.23. The highest BCUT2D eigenvalue weighted by Gasteiger charge is 2.02. The maximum atomic E-state index is 8.90. The second-order valence-electron chi connectivity index (χ2n) is 5.01.